The topological polar surface area (TPSA) is 143 Å². The number of phenolic OH excluding ortho intramolecular Hbond substituents is 1. The minimum absolute atomic E-state index is 0.0202. The Balaban J connectivity index is 1.93. The average molecular weight is 485 g/mol. The van der Waals surface area contributed by atoms with Gasteiger partial charge in [-0.1, -0.05) is 17.7 Å². The molecule has 11 heteroatoms. The summed E-state index contributed by atoms with van der Waals surface area (Å²) in [6, 6.07) is 13.2. The zero-order chi connectivity index (χ0) is 24.9. The fourth-order valence-corrected chi connectivity index (χ4v) is 4.43. The summed E-state index contributed by atoms with van der Waals surface area (Å²) >= 11 is 0. The number of anilines is 2. The maximum atomic E-state index is 13.2. The van der Waals surface area contributed by atoms with Gasteiger partial charge in [0, 0.05) is 12.1 Å². The number of nitro groups is 1. The Bertz CT molecular complexity index is 1360. The highest BCUT2D eigenvalue weighted by atomic mass is 32.2. The summed E-state index contributed by atoms with van der Waals surface area (Å²) in [7, 11) is -4.19. The number of non-ortho nitro benzene ring substituents is 1. The normalized spacial score (nSPS) is 11.4. The third-order valence-electron chi connectivity index (χ3n) is 4.77. The Hall–Kier alpha value is -4.12. The minimum atomic E-state index is -4.19. The lowest BCUT2D eigenvalue weighted by atomic mass is 10.1. The summed E-state index contributed by atoms with van der Waals surface area (Å²) < 4.78 is 34.1. The molecule has 0 spiro atoms. The number of nitrogens with one attached hydrogen (secondary N) is 2. The van der Waals surface area contributed by atoms with Gasteiger partial charge in [0.15, 0.2) is 11.5 Å². The molecular weight excluding hydrogens is 460 g/mol. The Morgan fingerprint density at radius 2 is 1.82 bits per heavy atom. The van der Waals surface area contributed by atoms with Gasteiger partial charge in [-0.25, -0.2) is 8.42 Å². The number of phenols is 1. The van der Waals surface area contributed by atoms with Gasteiger partial charge < -0.3 is 9.84 Å². The van der Waals surface area contributed by atoms with Crippen LogP contribution >= 0.6 is 0 Å². The smallest absolute Gasteiger partial charge is 0.270 e. The van der Waals surface area contributed by atoms with Gasteiger partial charge in [0.25, 0.3) is 15.7 Å². The Labute approximate surface area is 197 Å². The quantitative estimate of drug-likeness (QED) is 0.229. The van der Waals surface area contributed by atoms with Crippen molar-refractivity contribution in [2.45, 2.75) is 25.7 Å². The van der Waals surface area contributed by atoms with Gasteiger partial charge >= 0.3 is 0 Å². The second kappa shape index (κ2) is 10.2. The third kappa shape index (κ3) is 5.81. The van der Waals surface area contributed by atoms with Crippen LogP contribution in [-0.4, -0.2) is 31.3 Å². The van der Waals surface area contributed by atoms with E-state index in [1.807, 2.05) is 13.0 Å². The Morgan fingerprint density at radius 3 is 2.50 bits per heavy atom. The number of aryl methyl sites for hydroxylation is 2. The first-order chi connectivity index (χ1) is 16.1. The van der Waals surface area contributed by atoms with Crippen molar-refractivity contribution in [1.82, 2.24) is 0 Å². The predicted octanol–water partition coefficient (Wildman–Crippen LogP) is 4.56. The summed E-state index contributed by atoms with van der Waals surface area (Å²) in [5.41, 5.74) is 4.91. The van der Waals surface area contributed by atoms with Crippen LogP contribution in [0.15, 0.2) is 64.6 Å². The van der Waals surface area contributed by atoms with Gasteiger partial charge in [-0.15, -0.1) is 0 Å². The molecule has 0 fully saturated rings. The van der Waals surface area contributed by atoms with E-state index in [9.17, 15) is 23.6 Å². The third-order valence-corrected chi connectivity index (χ3v) is 6.18. The molecule has 3 aromatic rings. The lowest BCUT2D eigenvalue weighted by Crippen LogP contribution is -2.16. The van der Waals surface area contributed by atoms with Gasteiger partial charge in [0.2, 0.25) is 0 Å². The van der Waals surface area contributed by atoms with E-state index in [4.69, 9.17) is 4.74 Å². The Morgan fingerprint density at radius 1 is 1.09 bits per heavy atom. The summed E-state index contributed by atoms with van der Waals surface area (Å²) in [5, 5.41) is 25.1. The Kier molecular flexibility index (Phi) is 7.37. The van der Waals surface area contributed by atoms with Crippen LogP contribution in [0.2, 0.25) is 0 Å². The first kappa shape index (κ1) is 24.5. The van der Waals surface area contributed by atoms with Gasteiger partial charge in [0.05, 0.1) is 29.1 Å². The van der Waals surface area contributed by atoms with E-state index >= 15 is 0 Å². The van der Waals surface area contributed by atoms with E-state index in [1.54, 1.807) is 38.1 Å². The molecule has 0 aliphatic carbocycles. The molecule has 10 nitrogen and oxygen atoms in total. The summed E-state index contributed by atoms with van der Waals surface area (Å²) in [6.07, 6.45) is 1.40. The van der Waals surface area contributed by atoms with Crippen LogP contribution in [0.1, 0.15) is 23.6 Å². The monoisotopic (exact) mass is 484 g/mol. The van der Waals surface area contributed by atoms with E-state index in [1.165, 1.54) is 24.4 Å². The molecule has 0 saturated carbocycles. The number of nitrogens with zero attached hydrogens (tertiary/aromatic N) is 2. The number of nitro benzene ring substituents is 1. The van der Waals surface area contributed by atoms with E-state index in [0.717, 1.165) is 11.6 Å². The number of hydrazone groups is 1. The molecule has 0 atom stereocenters. The van der Waals surface area contributed by atoms with Gasteiger partial charge in [-0.2, -0.15) is 5.10 Å². The van der Waals surface area contributed by atoms with E-state index in [-0.39, 0.29) is 27.8 Å². The lowest BCUT2D eigenvalue weighted by molar-refractivity contribution is -0.385. The molecule has 34 heavy (non-hydrogen) atoms. The lowest BCUT2D eigenvalue weighted by Gasteiger charge is -2.14. The summed E-state index contributed by atoms with van der Waals surface area (Å²) in [6.45, 7) is 5.79. The van der Waals surface area contributed by atoms with Crippen molar-refractivity contribution in [3.05, 3.63) is 81.4 Å². The molecule has 0 aliphatic rings. The molecule has 0 saturated heterocycles. The second-order valence-corrected chi connectivity index (χ2v) is 9.04. The van der Waals surface area contributed by atoms with Crippen LogP contribution < -0.4 is 14.9 Å². The van der Waals surface area contributed by atoms with Crippen molar-refractivity contribution in [2.75, 3.05) is 16.8 Å². The largest absolute Gasteiger partial charge is 0.504 e. The zero-order valence-electron chi connectivity index (χ0n) is 18.8. The fourth-order valence-electron chi connectivity index (χ4n) is 3.13. The molecule has 0 unspecified atom stereocenters. The first-order valence-electron chi connectivity index (χ1n) is 10.2. The fraction of sp³-hybridized carbons (Fsp3) is 0.174. The maximum Gasteiger partial charge on any atom is 0.270 e. The first-order valence-corrected chi connectivity index (χ1v) is 11.7. The molecule has 0 amide bonds. The highest BCUT2D eigenvalue weighted by Gasteiger charge is 2.23. The van der Waals surface area contributed by atoms with Crippen LogP contribution in [-0.2, 0) is 10.0 Å². The predicted molar refractivity (Wildman–Crippen MR) is 130 cm³/mol. The second-order valence-electron chi connectivity index (χ2n) is 7.39. The molecule has 178 valence electrons. The number of ether oxygens (including phenoxy) is 1. The average Bonchev–Trinajstić information content (AvgIpc) is 2.78. The standard InChI is InChI=1S/C23H24N4O6S/c1-4-33-22-12-17(6-10-21(22)28)14-24-25-20-9-7-18(27(29)30)13-23(20)34(31,32)26-19-8-5-15(2)11-16(19)3/h5-14,25-26,28H,4H2,1-3H3/b24-14-. The van der Waals surface area contributed by atoms with Crippen LogP contribution in [0.4, 0.5) is 17.1 Å². The summed E-state index contributed by atoms with van der Waals surface area (Å²) in [4.78, 5) is 10.3. The van der Waals surface area contributed by atoms with Crippen LogP contribution in [0, 0.1) is 24.0 Å². The van der Waals surface area contributed by atoms with E-state index in [2.05, 4.69) is 15.2 Å². The number of sulfonamides is 1. The van der Waals surface area contributed by atoms with Crippen molar-refractivity contribution >= 4 is 33.3 Å². The van der Waals surface area contributed by atoms with Crippen molar-refractivity contribution in [1.29, 1.82) is 0 Å². The van der Waals surface area contributed by atoms with Crippen LogP contribution in [0.5, 0.6) is 11.5 Å². The number of hydrogen-bond acceptors (Lipinski definition) is 8. The molecule has 0 aliphatic heterocycles. The van der Waals surface area contributed by atoms with Crippen molar-refractivity contribution < 1.29 is 23.2 Å². The molecule has 0 radical (unpaired) electrons. The summed E-state index contributed by atoms with van der Waals surface area (Å²) in [5.74, 6) is 0.260. The van der Waals surface area contributed by atoms with E-state index in [0.29, 0.717) is 23.4 Å². The van der Waals surface area contributed by atoms with Crippen molar-refractivity contribution in [2.24, 2.45) is 5.10 Å². The molecule has 0 aromatic heterocycles. The number of hydrogen-bond donors (Lipinski definition) is 3. The van der Waals surface area contributed by atoms with E-state index < -0.39 is 14.9 Å². The molecule has 0 heterocycles. The SMILES string of the molecule is CCOc1cc(/C=N\Nc2ccc([N+](=O)[O-])cc2S(=O)(=O)Nc2ccc(C)cc2C)ccc1O. The molecular formula is C23H24N4O6S. The molecule has 3 aromatic carbocycles. The molecule has 3 N–H and O–H groups in total. The maximum absolute atomic E-state index is 13.2. The highest BCUT2D eigenvalue weighted by molar-refractivity contribution is 7.92. The van der Waals surface area contributed by atoms with Gasteiger partial charge in [0.1, 0.15) is 4.90 Å². The number of aromatic hydroxyl groups is 1. The van der Waals surface area contributed by atoms with Crippen LogP contribution in [0.3, 0.4) is 0 Å². The zero-order valence-corrected chi connectivity index (χ0v) is 19.6. The molecule has 0 bridgehead atoms. The minimum Gasteiger partial charge on any atom is -0.504 e. The number of rotatable bonds is 9. The van der Waals surface area contributed by atoms with Crippen molar-refractivity contribution in [3.8, 4) is 11.5 Å². The van der Waals surface area contributed by atoms with Crippen molar-refractivity contribution in [3.63, 3.8) is 0 Å². The highest BCUT2D eigenvalue weighted by Crippen LogP contribution is 2.30. The van der Waals surface area contributed by atoms with Crippen LogP contribution in [0.25, 0.3) is 0 Å². The van der Waals surface area contributed by atoms with Gasteiger partial charge in [-0.05, 0) is 62.2 Å². The number of benzene rings is 3. The van der Waals surface area contributed by atoms with Gasteiger partial charge in [-0.3, -0.25) is 20.3 Å². The molecule has 3 rings (SSSR count).